The highest BCUT2D eigenvalue weighted by Crippen LogP contribution is 2.49. The van der Waals surface area contributed by atoms with Crippen LogP contribution in [0, 0.1) is 0 Å². The Labute approximate surface area is 423 Å². The normalized spacial score (nSPS) is 11.9. The Kier molecular flexibility index (Phi) is 11.3. The fraction of sp³-hybridized carbons (Fsp3) is 0.0857. The van der Waals surface area contributed by atoms with Crippen LogP contribution >= 0.6 is 0 Å². The molecule has 0 N–H and O–H groups in total. The average Bonchev–Trinajstić information content (AvgIpc) is 3.44. The Morgan fingerprint density at radius 1 is 0.222 bits per heavy atom. The monoisotopic (exact) mass is 924 g/mol. The molecule has 2 heteroatoms. The van der Waals surface area contributed by atoms with Gasteiger partial charge in [0.2, 0.25) is 0 Å². The molecule has 0 spiro atoms. The molecule has 0 unspecified atom stereocenters. The minimum absolute atomic E-state index is 0.160. The molecule has 0 atom stereocenters. The van der Waals surface area contributed by atoms with Crippen LogP contribution in [0.25, 0.3) is 54.2 Å². The Morgan fingerprint density at radius 3 is 0.903 bits per heavy atom. The second kappa shape index (κ2) is 18.2. The van der Waals surface area contributed by atoms with E-state index in [1.54, 1.807) is 0 Å². The molecule has 0 aliphatic carbocycles. The molecule has 0 amide bonds. The minimum Gasteiger partial charge on any atom is -0.309 e. The van der Waals surface area contributed by atoms with Gasteiger partial charge in [-0.3, -0.25) is 0 Å². The van der Waals surface area contributed by atoms with Gasteiger partial charge in [0.1, 0.15) is 0 Å². The van der Waals surface area contributed by atoms with E-state index in [9.17, 15) is 0 Å². The molecule has 0 bridgehead atoms. The van der Waals surface area contributed by atoms with E-state index in [1.165, 1.54) is 76.5 Å². The highest BCUT2D eigenvalue weighted by molar-refractivity contribution is 6.14. The lowest BCUT2D eigenvalue weighted by Gasteiger charge is -2.31. The number of hydrogen-bond acceptors (Lipinski definition) is 2. The third-order valence-electron chi connectivity index (χ3n) is 15.3. The zero-order valence-corrected chi connectivity index (χ0v) is 41.3. The van der Waals surface area contributed by atoms with Crippen molar-refractivity contribution in [1.29, 1.82) is 0 Å². The molecular formula is C70H56N2. The van der Waals surface area contributed by atoms with Gasteiger partial charge >= 0.3 is 0 Å². The lowest BCUT2D eigenvalue weighted by molar-refractivity contribution is 0.641. The summed E-state index contributed by atoms with van der Waals surface area (Å²) in [5.41, 5.74) is 14.0. The molecule has 72 heavy (non-hydrogen) atoms. The summed E-state index contributed by atoms with van der Waals surface area (Å²) in [6.07, 6.45) is 0. The number of fused-ring (bicyclic) bond motifs is 4. The van der Waals surface area contributed by atoms with Gasteiger partial charge in [0.15, 0.2) is 0 Å². The zero-order valence-electron chi connectivity index (χ0n) is 41.3. The molecule has 0 aromatic heterocycles. The number of hydrogen-bond donors (Lipinski definition) is 0. The summed E-state index contributed by atoms with van der Waals surface area (Å²) in [7, 11) is 0. The molecule has 0 heterocycles. The van der Waals surface area contributed by atoms with E-state index in [0.29, 0.717) is 0 Å². The Balaban J connectivity index is 1.01. The SMILES string of the molecule is CC(C)(c1ccccc1)c1ccc(N(c2cccc3ccccc23)c2ccc(-c3ccc(N(c4ccc(C(C)(C)c5ccccc5)cc4)c4cccc5ccccc45)c4ccccc34)c3ccccc23)cc1. The maximum Gasteiger partial charge on any atom is 0.0540 e. The molecule has 0 saturated carbocycles. The summed E-state index contributed by atoms with van der Waals surface area (Å²) in [5, 5.41) is 9.58. The van der Waals surface area contributed by atoms with Crippen LogP contribution in [-0.2, 0) is 10.8 Å². The van der Waals surface area contributed by atoms with Crippen molar-refractivity contribution in [2.45, 2.75) is 38.5 Å². The lowest BCUT2D eigenvalue weighted by Crippen LogP contribution is -2.19. The molecule has 346 valence electrons. The van der Waals surface area contributed by atoms with Crippen molar-refractivity contribution in [3.05, 3.63) is 289 Å². The Morgan fingerprint density at radius 2 is 0.514 bits per heavy atom. The maximum atomic E-state index is 2.46. The molecule has 0 aliphatic rings. The van der Waals surface area contributed by atoms with Gasteiger partial charge in [-0.2, -0.15) is 0 Å². The van der Waals surface area contributed by atoms with Gasteiger partial charge < -0.3 is 9.80 Å². The summed E-state index contributed by atoms with van der Waals surface area (Å²) >= 11 is 0. The Hall–Kier alpha value is -8.72. The lowest BCUT2D eigenvalue weighted by atomic mass is 9.78. The van der Waals surface area contributed by atoms with Crippen LogP contribution in [0.3, 0.4) is 0 Å². The van der Waals surface area contributed by atoms with Gasteiger partial charge in [-0.25, -0.2) is 0 Å². The Bertz CT molecular complexity index is 3640. The summed E-state index contributed by atoms with van der Waals surface area (Å²) in [6, 6.07) is 98.1. The van der Waals surface area contributed by atoms with Crippen molar-refractivity contribution in [2.75, 3.05) is 9.80 Å². The molecular weight excluding hydrogens is 869 g/mol. The first kappa shape index (κ1) is 44.5. The van der Waals surface area contributed by atoms with Gasteiger partial charge in [0.25, 0.3) is 0 Å². The van der Waals surface area contributed by atoms with Gasteiger partial charge in [-0.15, -0.1) is 0 Å². The summed E-state index contributed by atoms with van der Waals surface area (Å²) in [5.74, 6) is 0. The smallest absolute Gasteiger partial charge is 0.0540 e. The number of nitrogens with zero attached hydrogens (tertiary/aromatic N) is 2. The van der Waals surface area contributed by atoms with Crippen LogP contribution in [-0.4, -0.2) is 0 Å². The molecule has 0 saturated heterocycles. The van der Waals surface area contributed by atoms with E-state index in [4.69, 9.17) is 0 Å². The fourth-order valence-electron chi connectivity index (χ4n) is 11.1. The van der Waals surface area contributed by atoms with Crippen molar-refractivity contribution in [1.82, 2.24) is 0 Å². The van der Waals surface area contributed by atoms with Crippen LogP contribution in [0.4, 0.5) is 34.1 Å². The maximum absolute atomic E-state index is 2.46. The molecule has 0 fully saturated rings. The predicted molar refractivity (Wildman–Crippen MR) is 308 cm³/mol. The van der Waals surface area contributed by atoms with E-state index in [2.05, 4.69) is 304 Å². The zero-order chi connectivity index (χ0) is 48.8. The third kappa shape index (κ3) is 7.77. The van der Waals surface area contributed by atoms with Crippen molar-refractivity contribution >= 4 is 77.2 Å². The van der Waals surface area contributed by atoms with Crippen LogP contribution < -0.4 is 9.80 Å². The van der Waals surface area contributed by atoms with Crippen molar-refractivity contribution < 1.29 is 0 Å². The molecule has 2 nitrogen and oxygen atoms in total. The second-order valence-corrected chi connectivity index (χ2v) is 20.1. The van der Waals surface area contributed by atoms with Crippen LogP contribution in [0.1, 0.15) is 49.9 Å². The molecule has 0 radical (unpaired) electrons. The fourth-order valence-corrected chi connectivity index (χ4v) is 11.1. The largest absolute Gasteiger partial charge is 0.309 e. The van der Waals surface area contributed by atoms with E-state index in [0.717, 1.165) is 34.1 Å². The third-order valence-corrected chi connectivity index (χ3v) is 15.3. The molecule has 0 aliphatic heterocycles. The number of anilines is 6. The number of benzene rings is 12. The molecule has 12 aromatic carbocycles. The van der Waals surface area contributed by atoms with Gasteiger partial charge in [0, 0.05) is 43.7 Å². The van der Waals surface area contributed by atoms with E-state index in [1.807, 2.05) is 0 Å². The van der Waals surface area contributed by atoms with Gasteiger partial charge in [-0.1, -0.05) is 246 Å². The van der Waals surface area contributed by atoms with Crippen LogP contribution in [0.15, 0.2) is 267 Å². The van der Waals surface area contributed by atoms with Crippen molar-refractivity contribution in [2.24, 2.45) is 0 Å². The van der Waals surface area contributed by atoms with E-state index < -0.39 is 0 Å². The minimum atomic E-state index is -0.160. The van der Waals surface area contributed by atoms with Gasteiger partial charge in [-0.05, 0) is 103 Å². The van der Waals surface area contributed by atoms with E-state index >= 15 is 0 Å². The quantitative estimate of drug-likeness (QED) is 0.128. The topological polar surface area (TPSA) is 6.48 Å². The van der Waals surface area contributed by atoms with Crippen molar-refractivity contribution in [3.8, 4) is 11.1 Å². The van der Waals surface area contributed by atoms with Gasteiger partial charge in [0.05, 0.1) is 22.7 Å². The standard InChI is InChI=1S/C70H56N2/c1-69(2,51-25-7-5-8-26-51)53-37-41-55(42-38-53)71(65-35-19-23-49-21-11-13-29-57(49)65)67-47-45-61(59-31-15-17-33-63(59)67)62-46-48-68(64-34-18-16-32-60(62)64)72(66-36-20-24-50-22-12-14-30-58(50)66)56-43-39-54(40-44-56)70(3,4)52-27-9-6-10-28-52/h5-48H,1-4H3. The highest BCUT2D eigenvalue weighted by atomic mass is 15.2. The van der Waals surface area contributed by atoms with Crippen molar-refractivity contribution in [3.63, 3.8) is 0 Å². The predicted octanol–water partition coefficient (Wildman–Crippen LogP) is 19.6. The number of rotatable bonds is 11. The average molecular weight is 925 g/mol. The first-order valence-electron chi connectivity index (χ1n) is 25.2. The molecule has 12 rings (SSSR count). The summed E-state index contributed by atoms with van der Waals surface area (Å²) in [4.78, 5) is 4.92. The second-order valence-electron chi connectivity index (χ2n) is 20.1. The summed E-state index contributed by atoms with van der Waals surface area (Å²) in [6.45, 7) is 9.26. The van der Waals surface area contributed by atoms with Crippen LogP contribution in [0.2, 0.25) is 0 Å². The highest BCUT2D eigenvalue weighted by Gasteiger charge is 2.27. The molecule has 12 aromatic rings. The first-order chi connectivity index (χ1) is 35.3. The van der Waals surface area contributed by atoms with E-state index in [-0.39, 0.29) is 10.8 Å². The first-order valence-corrected chi connectivity index (χ1v) is 25.2. The summed E-state index contributed by atoms with van der Waals surface area (Å²) < 4.78 is 0. The van der Waals surface area contributed by atoms with Crippen LogP contribution in [0.5, 0.6) is 0 Å².